The number of thioether (sulfide) groups is 1. The molecule has 0 spiro atoms. The highest BCUT2D eigenvalue weighted by Crippen LogP contribution is 2.30. The van der Waals surface area contributed by atoms with Gasteiger partial charge in [0.15, 0.2) is 0 Å². The Hall–Kier alpha value is -2.91. The van der Waals surface area contributed by atoms with Crippen LogP contribution in [0.5, 0.6) is 0 Å². The highest BCUT2D eigenvalue weighted by Gasteiger charge is 2.14. The summed E-state index contributed by atoms with van der Waals surface area (Å²) in [6.45, 7) is 1.23. The maximum absolute atomic E-state index is 13.0. The van der Waals surface area contributed by atoms with E-state index in [2.05, 4.69) is 20.6 Å². The summed E-state index contributed by atoms with van der Waals surface area (Å²) in [5, 5.41) is 6.32. The summed E-state index contributed by atoms with van der Waals surface area (Å²) in [5.41, 5.74) is 4.82. The molecule has 0 unspecified atom stereocenters. The topological polar surface area (TPSA) is 90.1 Å². The Labute approximate surface area is 246 Å². The standard InChI is InChI=1S/C28H28Cl3N5O2S/c1-39-14-9-26(37)32-20-4-2-3-18(15-20)27-34-23-7-5-19(16-24(23)35-27)28(38)33-21-6-8-25(22(31)17-21)36(12-10-29)13-11-30/h2-8,15-17H,9-14H2,1H3,(H,32,37)(H,33,38)(H,34,35). The first-order valence-electron chi connectivity index (χ1n) is 12.3. The molecule has 39 heavy (non-hydrogen) atoms. The second kappa shape index (κ2) is 13.9. The Kier molecular flexibility index (Phi) is 10.4. The molecule has 0 fully saturated rings. The maximum atomic E-state index is 13.0. The van der Waals surface area contributed by atoms with Crippen molar-refractivity contribution < 1.29 is 9.59 Å². The molecule has 0 saturated heterocycles. The highest BCUT2D eigenvalue weighted by molar-refractivity contribution is 7.98. The molecule has 0 aliphatic rings. The van der Waals surface area contributed by atoms with Crippen molar-refractivity contribution in [3.63, 3.8) is 0 Å². The summed E-state index contributed by atoms with van der Waals surface area (Å²) in [5.74, 6) is 2.00. The molecule has 0 aliphatic heterocycles. The van der Waals surface area contributed by atoms with E-state index in [9.17, 15) is 9.59 Å². The molecule has 4 rings (SSSR count). The number of nitrogens with one attached hydrogen (secondary N) is 3. The molecule has 1 aromatic heterocycles. The number of rotatable bonds is 12. The van der Waals surface area contributed by atoms with Gasteiger partial charge in [-0.25, -0.2) is 4.98 Å². The van der Waals surface area contributed by atoms with Crippen LogP contribution in [0.1, 0.15) is 16.8 Å². The smallest absolute Gasteiger partial charge is 0.255 e. The average molecular weight is 605 g/mol. The summed E-state index contributed by atoms with van der Waals surface area (Å²) in [7, 11) is 0. The summed E-state index contributed by atoms with van der Waals surface area (Å²) in [4.78, 5) is 35.1. The van der Waals surface area contributed by atoms with Crippen LogP contribution >= 0.6 is 46.6 Å². The van der Waals surface area contributed by atoms with Gasteiger partial charge in [0.2, 0.25) is 5.91 Å². The minimum absolute atomic E-state index is 0.0273. The van der Waals surface area contributed by atoms with Gasteiger partial charge < -0.3 is 20.5 Å². The SMILES string of the molecule is CSCCC(=O)Nc1cccc(-c2nc3cc(C(=O)Nc4ccc(N(CCCl)CCCl)c(Cl)c4)ccc3[nH]2)c1. The zero-order valence-corrected chi connectivity index (χ0v) is 24.4. The fourth-order valence-corrected chi connectivity index (χ4v) is 5.15. The third-order valence-electron chi connectivity index (χ3n) is 5.95. The molecule has 3 aromatic carbocycles. The van der Waals surface area contributed by atoms with Crippen LogP contribution < -0.4 is 15.5 Å². The number of imidazole rings is 1. The Morgan fingerprint density at radius 3 is 2.46 bits per heavy atom. The minimum Gasteiger partial charge on any atom is -0.368 e. The van der Waals surface area contributed by atoms with Gasteiger partial charge in [-0.2, -0.15) is 11.8 Å². The zero-order chi connectivity index (χ0) is 27.8. The van der Waals surface area contributed by atoms with E-state index in [1.807, 2.05) is 47.6 Å². The predicted octanol–water partition coefficient (Wildman–Crippen LogP) is 7.11. The first-order valence-corrected chi connectivity index (χ1v) is 15.1. The molecule has 204 valence electrons. The van der Waals surface area contributed by atoms with Gasteiger partial charge in [0, 0.05) is 59.5 Å². The van der Waals surface area contributed by atoms with Crippen LogP contribution in [0.15, 0.2) is 60.7 Å². The van der Waals surface area contributed by atoms with Crippen LogP contribution in [0.3, 0.4) is 0 Å². The fourth-order valence-electron chi connectivity index (χ4n) is 4.05. The number of H-pyrrole nitrogens is 1. The predicted molar refractivity (Wildman–Crippen MR) is 166 cm³/mol. The second-order valence-corrected chi connectivity index (χ2v) is 10.8. The number of aromatic amines is 1. The fraction of sp³-hybridized carbons (Fsp3) is 0.250. The van der Waals surface area contributed by atoms with Crippen molar-refractivity contribution in [2.45, 2.75) is 6.42 Å². The molecule has 7 nitrogen and oxygen atoms in total. The summed E-state index contributed by atoms with van der Waals surface area (Å²) in [6, 6.07) is 18.1. The van der Waals surface area contributed by atoms with E-state index in [0.29, 0.717) is 64.6 Å². The van der Waals surface area contributed by atoms with Crippen molar-refractivity contribution in [1.82, 2.24) is 9.97 Å². The number of aromatic nitrogens is 2. The van der Waals surface area contributed by atoms with Crippen LogP contribution in [0.4, 0.5) is 17.1 Å². The Morgan fingerprint density at radius 1 is 0.974 bits per heavy atom. The molecule has 1 heterocycles. The average Bonchev–Trinajstić information content (AvgIpc) is 3.36. The largest absolute Gasteiger partial charge is 0.368 e. The lowest BCUT2D eigenvalue weighted by molar-refractivity contribution is -0.115. The van der Waals surface area contributed by atoms with Crippen LogP contribution in [-0.2, 0) is 4.79 Å². The third kappa shape index (κ3) is 7.60. The summed E-state index contributed by atoms with van der Waals surface area (Å²) < 4.78 is 0. The Bertz CT molecular complexity index is 1460. The number of hydrogen-bond acceptors (Lipinski definition) is 5. The number of alkyl halides is 2. The van der Waals surface area contributed by atoms with Crippen LogP contribution in [0, 0.1) is 0 Å². The lowest BCUT2D eigenvalue weighted by Crippen LogP contribution is -2.27. The first-order chi connectivity index (χ1) is 18.9. The maximum Gasteiger partial charge on any atom is 0.255 e. The van der Waals surface area contributed by atoms with Gasteiger partial charge in [-0.15, -0.1) is 23.2 Å². The zero-order valence-electron chi connectivity index (χ0n) is 21.3. The number of fused-ring (bicyclic) bond motifs is 1. The van der Waals surface area contributed by atoms with Crippen LogP contribution in [-0.4, -0.2) is 58.6 Å². The monoisotopic (exact) mass is 603 g/mol. The van der Waals surface area contributed by atoms with E-state index in [1.54, 1.807) is 36.0 Å². The van der Waals surface area contributed by atoms with Gasteiger partial charge in [-0.05, 0) is 54.8 Å². The van der Waals surface area contributed by atoms with E-state index in [4.69, 9.17) is 34.8 Å². The molecule has 11 heteroatoms. The van der Waals surface area contributed by atoms with Gasteiger partial charge in [-0.3, -0.25) is 9.59 Å². The highest BCUT2D eigenvalue weighted by atomic mass is 35.5. The second-order valence-electron chi connectivity index (χ2n) is 8.67. The van der Waals surface area contributed by atoms with Crippen molar-refractivity contribution in [3.05, 3.63) is 71.2 Å². The molecular formula is C28H28Cl3N5O2S. The van der Waals surface area contributed by atoms with Crippen molar-refractivity contribution in [1.29, 1.82) is 0 Å². The van der Waals surface area contributed by atoms with Gasteiger partial charge in [0.05, 0.1) is 21.7 Å². The number of carbonyl (C=O) groups excluding carboxylic acids is 2. The lowest BCUT2D eigenvalue weighted by atomic mass is 10.1. The molecule has 2 amide bonds. The molecule has 4 aromatic rings. The number of carbonyl (C=O) groups is 2. The van der Waals surface area contributed by atoms with E-state index in [0.717, 1.165) is 22.5 Å². The Balaban J connectivity index is 1.49. The van der Waals surface area contributed by atoms with Gasteiger partial charge >= 0.3 is 0 Å². The Morgan fingerprint density at radius 2 is 1.74 bits per heavy atom. The van der Waals surface area contributed by atoms with Crippen LogP contribution in [0.2, 0.25) is 5.02 Å². The molecule has 0 saturated carbocycles. The minimum atomic E-state index is -0.279. The number of anilines is 3. The number of amides is 2. The number of benzene rings is 3. The molecular weight excluding hydrogens is 577 g/mol. The van der Waals surface area contributed by atoms with Crippen molar-refractivity contribution in [3.8, 4) is 11.4 Å². The summed E-state index contributed by atoms with van der Waals surface area (Å²) >= 11 is 20.0. The lowest BCUT2D eigenvalue weighted by Gasteiger charge is -2.24. The van der Waals surface area contributed by atoms with Crippen LogP contribution in [0.25, 0.3) is 22.4 Å². The molecule has 0 aliphatic carbocycles. The number of nitrogens with zero attached hydrogens (tertiary/aromatic N) is 2. The van der Waals surface area contributed by atoms with E-state index < -0.39 is 0 Å². The van der Waals surface area contributed by atoms with Crippen molar-refractivity contribution in [2.24, 2.45) is 0 Å². The van der Waals surface area contributed by atoms with Gasteiger partial charge in [0.1, 0.15) is 5.82 Å². The quantitative estimate of drug-likeness (QED) is 0.150. The van der Waals surface area contributed by atoms with E-state index >= 15 is 0 Å². The first kappa shape index (κ1) is 29.1. The molecule has 0 atom stereocenters. The number of halogens is 3. The molecule has 0 bridgehead atoms. The van der Waals surface area contributed by atoms with Crippen molar-refractivity contribution >= 4 is 86.5 Å². The summed E-state index contributed by atoms with van der Waals surface area (Å²) in [6.07, 6.45) is 2.43. The number of hydrogen-bond donors (Lipinski definition) is 3. The normalized spacial score (nSPS) is 11.0. The van der Waals surface area contributed by atoms with Gasteiger partial charge in [0.25, 0.3) is 5.91 Å². The van der Waals surface area contributed by atoms with E-state index in [-0.39, 0.29) is 11.8 Å². The third-order valence-corrected chi connectivity index (χ3v) is 7.21. The molecule has 0 radical (unpaired) electrons. The molecule has 3 N–H and O–H groups in total. The van der Waals surface area contributed by atoms with E-state index in [1.165, 1.54) is 0 Å². The van der Waals surface area contributed by atoms with Crippen molar-refractivity contribution in [2.75, 3.05) is 52.4 Å². The van der Waals surface area contributed by atoms with Gasteiger partial charge in [-0.1, -0.05) is 23.7 Å².